The van der Waals surface area contributed by atoms with Gasteiger partial charge in [-0.1, -0.05) is 11.8 Å². The summed E-state index contributed by atoms with van der Waals surface area (Å²) in [5.41, 5.74) is 0.531. The highest BCUT2D eigenvalue weighted by atomic mass is 32.2. The van der Waals surface area contributed by atoms with Crippen molar-refractivity contribution in [3.63, 3.8) is 0 Å². The molecular formula is C9H9F2N3O2S. The highest BCUT2D eigenvalue weighted by Gasteiger charge is 2.30. The van der Waals surface area contributed by atoms with E-state index in [1.165, 1.54) is 18.0 Å². The van der Waals surface area contributed by atoms with Crippen molar-refractivity contribution in [3.8, 4) is 0 Å². The number of anilines is 1. The molecule has 1 aromatic rings. The summed E-state index contributed by atoms with van der Waals surface area (Å²) >= 11 is 1.28. The topological polar surface area (TPSA) is 55.3 Å². The number of hydrogen-bond acceptors (Lipinski definition) is 5. The number of amides is 1. The van der Waals surface area contributed by atoms with Crippen LogP contribution in [0.15, 0.2) is 11.4 Å². The number of carbonyl (C=O) groups is 1. The Morgan fingerprint density at radius 2 is 2.41 bits per heavy atom. The van der Waals surface area contributed by atoms with Gasteiger partial charge in [-0.25, -0.2) is 23.5 Å². The Morgan fingerprint density at radius 1 is 1.65 bits per heavy atom. The Hall–Kier alpha value is -1.44. The van der Waals surface area contributed by atoms with Crippen molar-refractivity contribution in [2.75, 3.05) is 17.7 Å². The number of thioether (sulfide) groups is 1. The maximum atomic E-state index is 12.4. The second kappa shape index (κ2) is 4.82. The van der Waals surface area contributed by atoms with Crippen LogP contribution >= 0.6 is 11.8 Å². The van der Waals surface area contributed by atoms with Crippen LogP contribution in [0.4, 0.5) is 19.4 Å². The van der Waals surface area contributed by atoms with Gasteiger partial charge in [0.05, 0.1) is 12.1 Å². The lowest BCUT2D eigenvalue weighted by Crippen LogP contribution is -2.39. The smallest absolute Gasteiger partial charge is 0.416 e. The standard InChI is InChI=1S/C9H9F2N3O2S/c1-17-8-12-2-5-4-16-9(15)14(3-6(10)11)7(5)13-8/h2,6H,3-4H2,1H3. The summed E-state index contributed by atoms with van der Waals surface area (Å²) in [6.45, 7) is -0.709. The molecule has 8 heteroatoms. The molecule has 0 radical (unpaired) electrons. The summed E-state index contributed by atoms with van der Waals surface area (Å²) in [5.74, 6) is 0.209. The third-order valence-corrected chi connectivity index (χ3v) is 2.71. The van der Waals surface area contributed by atoms with Gasteiger partial charge in [-0.15, -0.1) is 0 Å². The fraction of sp³-hybridized carbons (Fsp3) is 0.444. The summed E-state index contributed by atoms with van der Waals surface area (Å²) in [4.78, 5) is 20.3. The van der Waals surface area contributed by atoms with Crippen LogP contribution < -0.4 is 4.90 Å². The van der Waals surface area contributed by atoms with Crippen molar-refractivity contribution in [3.05, 3.63) is 11.8 Å². The van der Waals surface area contributed by atoms with E-state index in [1.54, 1.807) is 6.26 Å². The Morgan fingerprint density at radius 3 is 3.06 bits per heavy atom. The number of carbonyl (C=O) groups excluding carboxylic acids is 1. The van der Waals surface area contributed by atoms with E-state index in [-0.39, 0.29) is 12.4 Å². The zero-order valence-corrected chi connectivity index (χ0v) is 9.71. The van der Waals surface area contributed by atoms with Crippen LogP contribution in [0.3, 0.4) is 0 Å². The lowest BCUT2D eigenvalue weighted by molar-refractivity contribution is 0.121. The minimum absolute atomic E-state index is 0.0164. The number of ether oxygens (including phenoxy) is 1. The van der Waals surface area contributed by atoms with Crippen LogP contribution in [0.1, 0.15) is 5.56 Å². The molecule has 0 fully saturated rings. The second-order valence-electron chi connectivity index (χ2n) is 3.26. The van der Waals surface area contributed by atoms with Crippen molar-refractivity contribution in [1.29, 1.82) is 0 Å². The van der Waals surface area contributed by atoms with Gasteiger partial charge in [-0.05, 0) is 6.26 Å². The van der Waals surface area contributed by atoms with E-state index in [0.717, 1.165) is 4.90 Å². The molecule has 92 valence electrons. The molecule has 0 saturated carbocycles. The Balaban J connectivity index is 2.37. The van der Waals surface area contributed by atoms with Gasteiger partial charge in [0.15, 0.2) is 5.16 Å². The first-order valence-electron chi connectivity index (χ1n) is 4.74. The molecule has 1 aliphatic rings. The molecule has 0 aromatic carbocycles. The number of fused-ring (bicyclic) bond motifs is 1. The number of hydrogen-bond donors (Lipinski definition) is 0. The van der Waals surface area contributed by atoms with Crippen LogP contribution in [0.2, 0.25) is 0 Å². The highest BCUT2D eigenvalue weighted by Crippen LogP contribution is 2.26. The molecule has 0 aliphatic carbocycles. The van der Waals surface area contributed by atoms with Crippen LogP contribution in [0.25, 0.3) is 0 Å². The average molecular weight is 261 g/mol. The van der Waals surface area contributed by atoms with E-state index in [1.807, 2.05) is 0 Å². The molecule has 0 spiro atoms. The molecule has 1 aromatic heterocycles. The molecule has 0 N–H and O–H groups in total. The van der Waals surface area contributed by atoms with Gasteiger partial charge in [0.1, 0.15) is 12.4 Å². The maximum Gasteiger partial charge on any atom is 0.416 e. The number of cyclic esters (lactones) is 1. The van der Waals surface area contributed by atoms with Gasteiger partial charge in [0, 0.05) is 6.20 Å². The molecule has 1 amide bonds. The van der Waals surface area contributed by atoms with E-state index < -0.39 is 19.1 Å². The normalized spacial score (nSPS) is 14.8. The van der Waals surface area contributed by atoms with E-state index in [0.29, 0.717) is 10.7 Å². The van der Waals surface area contributed by atoms with Gasteiger partial charge in [-0.2, -0.15) is 0 Å². The molecule has 2 heterocycles. The Bertz CT molecular complexity index is 444. The van der Waals surface area contributed by atoms with Crippen LogP contribution in [-0.2, 0) is 11.3 Å². The molecule has 1 aliphatic heterocycles. The third kappa shape index (κ3) is 2.46. The molecule has 2 rings (SSSR count). The van der Waals surface area contributed by atoms with Crippen molar-refractivity contribution in [1.82, 2.24) is 9.97 Å². The summed E-state index contributed by atoms with van der Waals surface area (Å²) in [5, 5.41) is 0.428. The minimum atomic E-state index is -2.64. The monoisotopic (exact) mass is 261 g/mol. The summed E-state index contributed by atoms with van der Waals surface area (Å²) in [7, 11) is 0. The molecule has 0 saturated heterocycles. The summed E-state index contributed by atoms with van der Waals surface area (Å²) < 4.78 is 29.5. The largest absolute Gasteiger partial charge is 0.444 e. The Kier molecular flexibility index (Phi) is 3.41. The second-order valence-corrected chi connectivity index (χ2v) is 4.04. The average Bonchev–Trinajstić information content (AvgIpc) is 2.32. The van der Waals surface area contributed by atoms with E-state index in [4.69, 9.17) is 4.74 Å². The third-order valence-electron chi connectivity index (χ3n) is 2.15. The Labute approximate surface area is 100 Å². The van der Waals surface area contributed by atoms with Crippen LogP contribution in [0.5, 0.6) is 0 Å². The highest BCUT2D eigenvalue weighted by molar-refractivity contribution is 7.98. The first-order chi connectivity index (χ1) is 8.11. The number of nitrogens with zero attached hydrogens (tertiary/aromatic N) is 3. The van der Waals surface area contributed by atoms with Crippen molar-refractivity contribution < 1.29 is 18.3 Å². The molecular weight excluding hydrogens is 252 g/mol. The first kappa shape index (κ1) is 12.0. The number of aromatic nitrogens is 2. The van der Waals surface area contributed by atoms with E-state index >= 15 is 0 Å². The molecule has 17 heavy (non-hydrogen) atoms. The van der Waals surface area contributed by atoms with Gasteiger partial charge in [-0.3, -0.25) is 4.90 Å². The van der Waals surface area contributed by atoms with Crippen molar-refractivity contribution in [2.24, 2.45) is 0 Å². The fourth-order valence-corrected chi connectivity index (χ4v) is 1.75. The van der Waals surface area contributed by atoms with Gasteiger partial charge in [0.25, 0.3) is 6.43 Å². The van der Waals surface area contributed by atoms with Crippen molar-refractivity contribution in [2.45, 2.75) is 18.2 Å². The summed E-state index contributed by atoms with van der Waals surface area (Å²) in [6.07, 6.45) is -0.191. The number of halogens is 2. The van der Waals surface area contributed by atoms with Gasteiger partial charge >= 0.3 is 6.09 Å². The molecule has 0 unspecified atom stereocenters. The molecule has 5 nitrogen and oxygen atoms in total. The molecule has 0 bridgehead atoms. The van der Waals surface area contributed by atoms with E-state index in [2.05, 4.69) is 9.97 Å². The number of alkyl halides is 2. The van der Waals surface area contributed by atoms with Crippen molar-refractivity contribution >= 4 is 23.7 Å². The quantitative estimate of drug-likeness (QED) is 0.614. The SMILES string of the molecule is CSc1ncc2c(n1)N(CC(F)F)C(=O)OC2. The minimum Gasteiger partial charge on any atom is -0.444 e. The van der Waals surface area contributed by atoms with Gasteiger partial charge < -0.3 is 4.74 Å². The predicted octanol–water partition coefficient (Wildman–Crippen LogP) is 1.92. The van der Waals surface area contributed by atoms with Crippen LogP contribution in [0, 0.1) is 0 Å². The lowest BCUT2D eigenvalue weighted by Gasteiger charge is -2.27. The number of rotatable bonds is 3. The predicted molar refractivity (Wildman–Crippen MR) is 57.3 cm³/mol. The summed E-state index contributed by atoms with van der Waals surface area (Å²) in [6, 6.07) is 0. The zero-order valence-electron chi connectivity index (χ0n) is 8.89. The zero-order chi connectivity index (χ0) is 12.4. The fourth-order valence-electron chi connectivity index (χ4n) is 1.42. The first-order valence-corrected chi connectivity index (χ1v) is 5.96. The lowest BCUT2D eigenvalue weighted by atomic mass is 10.3. The van der Waals surface area contributed by atoms with Crippen LogP contribution in [-0.4, -0.2) is 35.3 Å². The van der Waals surface area contributed by atoms with E-state index in [9.17, 15) is 13.6 Å². The maximum absolute atomic E-state index is 12.4. The van der Waals surface area contributed by atoms with Gasteiger partial charge in [0.2, 0.25) is 0 Å². The molecule has 0 atom stereocenters.